The molecule has 19 heavy (non-hydrogen) atoms. The number of nitrogens with zero attached hydrogens (tertiary/aromatic N) is 1. The number of hydrazine groups is 1. The van der Waals surface area contributed by atoms with Crippen LogP contribution in [0.2, 0.25) is 0 Å². The molecular weight excluding hydrogens is 244 g/mol. The maximum absolute atomic E-state index is 11.9. The zero-order valence-corrected chi connectivity index (χ0v) is 10.9. The van der Waals surface area contributed by atoms with Crippen LogP contribution in [0.15, 0.2) is 18.3 Å². The van der Waals surface area contributed by atoms with Crippen LogP contribution >= 0.6 is 0 Å². The molecule has 0 radical (unpaired) electrons. The van der Waals surface area contributed by atoms with E-state index in [9.17, 15) is 4.79 Å². The van der Waals surface area contributed by atoms with Gasteiger partial charge in [-0.25, -0.2) is 10.8 Å². The SMILES string of the molecule is NNc1ncccc1C(=O)NCCOC1CCCC1. The van der Waals surface area contributed by atoms with Crippen LogP contribution in [0.5, 0.6) is 0 Å². The summed E-state index contributed by atoms with van der Waals surface area (Å²) in [7, 11) is 0. The van der Waals surface area contributed by atoms with Crippen molar-refractivity contribution in [2.75, 3.05) is 18.6 Å². The summed E-state index contributed by atoms with van der Waals surface area (Å²) < 4.78 is 5.68. The van der Waals surface area contributed by atoms with E-state index in [1.54, 1.807) is 18.3 Å². The molecule has 104 valence electrons. The fourth-order valence-electron chi connectivity index (χ4n) is 2.24. The number of carbonyl (C=O) groups is 1. The Morgan fingerprint density at radius 3 is 3.00 bits per heavy atom. The van der Waals surface area contributed by atoms with E-state index >= 15 is 0 Å². The van der Waals surface area contributed by atoms with Gasteiger partial charge in [0.05, 0.1) is 18.3 Å². The zero-order valence-electron chi connectivity index (χ0n) is 10.9. The van der Waals surface area contributed by atoms with Crippen LogP contribution in [-0.4, -0.2) is 30.1 Å². The van der Waals surface area contributed by atoms with E-state index in [0.29, 0.717) is 30.6 Å². The molecule has 6 heteroatoms. The summed E-state index contributed by atoms with van der Waals surface area (Å²) in [5, 5.41) is 2.80. The van der Waals surface area contributed by atoms with Crippen LogP contribution < -0.4 is 16.6 Å². The molecule has 1 saturated carbocycles. The van der Waals surface area contributed by atoms with E-state index in [0.717, 1.165) is 12.8 Å². The summed E-state index contributed by atoms with van der Waals surface area (Å²) in [4.78, 5) is 15.9. The third-order valence-corrected chi connectivity index (χ3v) is 3.23. The first-order chi connectivity index (χ1) is 9.31. The summed E-state index contributed by atoms with van der Waals surface area (Å²) in [5.74, 6) is 5.48. The van der Waals surface area contributed by atoms with Crippen molar-refractivity contribution in [3.8, 4) is 0 Å². The topological polar surface area (TPSA) is 89.3 Å². The molecule has 1 fully saturated rings. The third-order valence-electron chi connectivity index (χ3n) is 3.23. The van der Waals surface area contributed by atoms with Gasteiger partial charge in [0.15, 0.2) is 5.82 Å². The lowest BCUT2D eigenvalue weighted by atomic mass is 10.2. The van der Waals surface area contributed by atoms with Crippen molar-refractivity contribution in [2.24, 2.45) is 5.84 Å². The number of rotatable bonds is 6. The minimum atomic E-state index is -0.198. The predicted octanol–water partition coefficient (Wildman–Crippen LogP) is 1.06. The molecule has 1 aliphatic carbocycles. The van der Waals surface area contributed by atoms with E-state index in [1.807, 2.05) is 0 Å². The largest absolute Gasteiger partial charge is 0.376 e. The molecule has 0 unspecified atom stereocenters. The smallest absolute Gasteiger partial charge is 0.255 e. The maximum Gasteiger partial charge on any atom is 0.255 e. The standard InChI is InChI=1S/C13H20N4O2/c14-17-12-11(6-3-7-15-12)13(18)16-8-9-19-10-4-1-2-5-10/h3,6-7,10H,1-2,4-5,8-9,14H2,(H,15,17)(H,16,18). The van der Waals surface area contributed by atoms with Crippen LogP contribution in [0, 0.1) is 0 Å². The molecule has 1 aliphatic rings. The van der Waals surface area contributed by atoms with E-state index < -0.39 is 0 Å². The lowest BCUT2D eigenvalue weighted by Crippen LogP contribution is -2.29. The number of hydrogen-bond acceptors (Lipinski definition) is 5. The second-order valence-corrected chi connectivity index (χ2v) is 4.58. The first kappa shape index (κ1) is 13.8. The van der Waals surface area contributed by atoms with Gasteiger partial charge in [0.2, 0.25) is 0 Å². The number of ether oxygens (including phenoxy) is 1. The average Bonchev–Trinajstić information content (AvgIpc) is 2.96. The highest BCUT2D eigenvalue weighted by atomic mass is 16.5. The fourth-order valence-corrected chi connectivity index (χ4v) is 2.24. The van der Waals surface area contributed by atoms with Gasteiger partial charge in [-0.2, -0.15) is 0 Å². The van der Waals surface area contributed by atoms with Gasteiger partial charge in [-0.15, -0.1) is 0 Å². The van der Waals surface area contributed by atoms with Crippen molar-refractivity contribution >= 4 is 11.7 Å². The number of aromatic nitrogens is 1. The van der Waals surface area contributed by atoms with Crippen LogP contribution in [-0.2, 0) is 4.74 Å². The Labute approximate surface area is 112 Å². The number of nitrogen functional groups attached to an aromatic ring is 1. The Kier molecular flexibility index (Phi) is 5.11. The number of nitrogens with two attached hydrogens (primary N) is 1. The second kappa shape index (κ2) is 7.06. The number of pyridine rings is 1. The molecule has 0 saturated heterocycles. The molecule has 2 rings (SSSR count). The van der Waals surface area contributed by atoms with Crippen molar-refractivity contribution in [1.82, 2.24) is 10.3 Å². The number of carbonyl (C=O) groups excluding carboxylic acids is 1. The molecule has 0 atom stereocenters. The molecule has 4 N–H and O–H groups in total. The molecule has 0 aromatic carbocycles. The number of hydrogen-bond donors (Lipinski definition) is 3. The summed E-state index contributed by atoms with van der Waals surface area (Å²) in [6.07, 6.45) is 6.72. The van der Waals surface area contributed by atoms with Gasteiger partial charge in [-0.05, 0) is 25.0 Å². The maximum atomic E-state index is 11.9. The van der Waals surface area contributed by atoms with Gasteiger partial charge in [-0.3, -0.25) is 4.79 Å². The van der Waals surface area contributed by atoms with Crippen LogP contribution in [0.25, 0.3) is 0 Å². The van der Waals surface area contributed by atoms with Crippen LogP contribution in [0.1, 0.15) is 36.0 Å². The van der Waals surface area contributed by atoms with E-state index in [2.05, 4.69) is 15.7 Å². The minimum absolute atomic E-state index is 0.198. The van der Waals surface area contributed by atoms with Crippen molar-refractivity contribution in [3.05, 3.63) is 23.9 Å². The molecule has 0 bridgehead atoms. The summed E-state index contributed by atoms with van der Waals surface area (Å²) in [6.45, 7) is 1.04. The normalized spacial score (nSPS) is 15.4. The van der Waals surface area contributed by atoms with Crippen molar-refractivity contribution < 1.29 is 9.53 Å². The molecule has 0 spiro atoms. The summed E-state index contributed by atoms with van der Waals surface area (Å²) in [6, 6.07) is 3.38. The first-order valence-corrected chi connectivity index (χ1v) is 6.62. The highest BCUT2D eigenvalue weighted by molar-refractivity contribution is 5.98. The Hall–Kier alpha value is -1.66. The summed E-state index contributed by atoms with van der Waals surface area (Å²) in [5.41, 5.74) is 2.84. The highest BCUT2D eigenvalue weighted by Crippen LogP contribution is 2.20. The van der Waals surface area contributed by atoms with Crippen LogP contribution in [0.3, 0.4) is 0 Å². The second-order valence-electron chi connectivity index (χ2n) is 4.58. The van der Waals surface area contributed by atoms with Gasteiger partial charge in [0.25, 0.3) is 5.91 Å². The number of amides is 1. The lowest BCUT2D eigenvalue weighted by Gasteiger charge is -2.12. The van der Waals surface area contributed by atoms with Gasteiger partial charge in [0.1, 0.15) is 0 Å². The Morgan fingerprint density at radius 2 is 2.26 bits per heavy atom. The van der Waals surface area contributed by atoms with Crippen molar-refractivity contribution in [2.45, 2.75) is 31.8 Å². The first-order valence-electron chi connectivity index (χ1n) is 6.62. The highest BCUT2D eigenvalue weighted by Gasteiger charge is 2.15. The minimum Gasteiger partial charge on any atom is -0.376 e. The molecule has 6 nitrogen and oxygen atoms in total. The Morgan fingerprint density at radius 1 is 1.47 bits per heavy atom. The number of anilines is 1. The number of nitrogens with one attached hydrogen (secondary N) is 2. The van der Waals surface area contributed by atoms with Gasteiger partial charge in [0, 0.05) is 12.7 Å². The molecule has 1 aromatic rings. The molecule has 1 aromatic heterocycles. The fraction of sp³-hybridized carbons (Fsp3) is 0.538. The van der Waals surface area contributed by atoms with E-state index in [1.165, 1.54) is 12.8 Å². The quantitative estimate of drug-likeness (QED) is 0.406. The van der Waals surface area contributed by atoms with Gasteiger partial charge >= 0.3 is 0 Å². The van der Waals surface area contributed by atoms with Gasteiger partial charge < -0.3 is 15.5 Å². The Bertz CT molecular complexity index is 419. The lowest BCUT2D eigenvalue weighted by molar-refractivity contribution is 0.0582. The molecule has 1 heterocycles. The van der Waals surface area contributed by atoms with Crippen molar-refractivity contribution in [3.63, 3.8) is 0 Å². The van der Waals surface area contributed by atoms with Gasteiger partial charge in [-0.1, -0.05) is 12.8 Å². The van der Waals surface area contributed by atoms with E-state index in [4.69, 9.17) is 10.6 Å². The predicted molar refractivity (Wildman–Crippen MR) is 72.6 cm³/mol. The molecular formula is C13H20N4O2. The molecule has 0 aliphatic heterocycles. The third kappa shape index (κ3) is 3.90. The monoisotopic (exact) mass is 264 g/mol. The van der Waals surface area contributed by atoms with Crippen molar-refractivity contribution in [1.29, 1.82) is 0 Å². The van der Waals surface area contributed by atoms with Crippen LogP contribution in [0.4, 0.5) is 5.82 Å². The summed E-state index contributed by atoms with van der Waals surface area (Å²) >= 11 is 0. The Balaban J connectivity index is 1.74. The van der Waals surface area contributed by atoms with E-state index in [-0.39, 0.29) is 5.91 Å². The molecule has 1 amide bonds. The average molecular weight is 264 g/mol. The zero-order chi connectivity index (χ0) is 13.5.